The largest absolute Gasteiger partial charge is 0.327 e. The Labute approximate surface area is 151 Å². The number of aromatic nitrogens is 2. The van der Waals surface area contributed by atoms with Crippen LogP contribution in [0, 0.1) is 0 Å². The van der Waals surface area contributed by atoms with Gasteiger partial charge in [0.15, 0.2) is 0 Å². The van der Waals surface area contributed by atoms with Crippen LogP contribution in [0.4, 0.5) is 10.5 Å². The van der Waals surface area contributed by atoms with E-state index in [9.17, 15) is 4.79 Å². The minimum absolute atomic E-state index is 0.228. The second-order valence-corrected chi connectivity index (χ2v) is 6.02. The summed E-state index contributed by atoms with van der Waals surface area (Å²) in [5.41, 5.74) is 3.64. The van der Waals surface area contributed by atoms with E-state index in [0.717, 1.165) is 22.0 Å². The number of hydrogen-bond acceptors (Lipinski definition) is 2. The van der Waals surface area contributed by atoms with E-state index >= 15 is 0 Å². The summed E-state index contributed by atoms with van der Waals surface area (Å²) in [6, 6.07) is 25.0. The summed E-state index contributed by atoms with van der Waals surface area (Å²) in [7, 11) is 0. The van der Waals surface area contributed by atoms with Crippen LogP contribution in [0.2, 0.25) is 0 Å². The highest BCUT2D eigenvalue weighted by atomic mass is 16.2. The lowest BCUT2D eigenvalue weighted by molar-refractivity contribution is 0.250. The smallest absolute Gasteiger partial charge is 0.319 e. The Balaban J connectivity index is 1.56. The molecule has 1 heterocycles. The van der Waals surface area contributed by atoms with E-state index in [1.807, 2.05) is 78.9 Å². The Morgan fingerprint density at radius 3 is 2.19 bits per heavy atom. The number of urea groups is 1. The number of H-pyrrole nitrogens is 1. The first-order valence-corrected chi connectivity index (χ1v) is 8.40. The van der Waals surface area contributed by atoms with Crippen molar-refractivity contribution in [1.82, 2.24) is 15.5 Å². The van der Waals surface area contributed by atoms with Crippen molar-refractivity contribution in [3.8, 4) is 0 Å². The zero-order valence-electron chi connectivity index (χ0n) is 14.0. The SMILES string of the molecule is O=C(Nc1ccc2cn[nH]c2c1)NC(c1ccccc1)c1ccccc1. The number of amides is 2. The summed E-state index contributed by atoms with van der Waals surface area (Å²) in [4.78, 5) is 12.6. The molecule has 0 fully saturated rings. The molecule has 1 aromatic heterocycles. The second kappa shape index (κ2) is 7.11. The highest BCUT2D eigenvalue weighted by Gasteiger charge is 2.16. The fraction of sp³-hybridized carbons (Fsp3) is 0.0476. The predicted octanol–water partition coefficient (Wildman–Crippen LogP) is 4.47. The van der Waals surface area contributed by atoms with E-state index in [4.69, 9.17) is 0 Å². The van der Waals surface area contributed by atoms with Crippen LogP contribution < -0.4 is 10.6 Å². The van der Waals surface area contributed by atoms with Gasteiger partial charge < -0.3 is 10.6 Å². The third-order valence-corrected chi connectivity index (χ3v) is 4.24. The first-order chi connectivity index (χ1) is 12.8. The van der Waals surface area contributed by atoms with E-state index in [1.165, 1.54) is 0 Å². The summed E-state index contributed by atoms with van der Waals surface area (Å²) in [6.07, 6.45) is 1.75. The fourth-order valence-corrected chi connectivity index (χ4v) is 2.96. The van der Waals surface area contributed by atoms with E-state index in [0.29, 0.717) is 5.69 Å². The first-order valence-electron chi connectivity index (χ1n) is 8.40. The Hall–Kier alpha value is -3.60. The highest BCUT2D eigenvalue weighted by Crippen LogP contribution is 2.22. The number of nitrogens with zero attached hydrogens (tertiary/aromatic N) is 1. The fourth-order valence-electron chi connectivity index (χ4n) is 2.96. The molecule has 0 unspecified atom stereocenters. The molecule has 0 saturated heterocycles. The van der Waals surface area contributed by atoms with Crippen molar-refractivity contribution < 1.29 is 4.79 Å². The summed E-state index contributed by atoms with van der Waals surface area (Å²) >= 11 is 0. The zero-order chi connectivity index (χ0) is 17.8. The van der Waals surface area contributed by atoms with Crippen molar-refractivity contribution >= 4 is 22.6 Å². The zero-order valence-corrected chi connectivity index (χ0v) is 14.0. The molecular weight excluding hydrogens is 324 g/mol. The van der Waals surface area contributed by atoms with Gasteiger partial charge in [0.25, 0.3) is 0 Å². The summed E-state index contributed by atoms with van der Waals surface area (Å²) in [5, 5.41) is 13.9. The van der Waals surface area contributed by atoms with Gasteiger partial charge in [0.05, 0.1) is 17.8 Å². The topological polar surface area (TPSA) is 69.8 Å². The van der Waals surface area contributed by atoms with Crippen LogP contribution in [0.15, 0.2) is 85.1 Å². The third kappa shape index (κ3) is 3.42. The van der Waals surface area contributed by atoms with Crippen LogP contribution in [0.5, 0.6) is 0 Å². The molecule has 26 heavy (non-hydrogen) atoms. The summed E-state index contributed by atoms with van der Waals surface area (Å²) in [6.45, 7) is 0. The monoisotopic (exact) mass is 342 g/mol. The van der Waals surface area contributed by atoms with Gasteiger partial charge in [0.1, 0.15) is 0 Å². The number of aromatic amines is 1. The van der Waals surface area contributed by atoms with Gasteiger partial charge in [-0.05, 0) is 29.3 Å². The first kappa shape index (κ1) is 15.9. The average molecular weight is 342 g/mol. The van der Waals surface area contributed by atoms with Gasteiger partial charge in [0, 0.05) is 11.1 Å². The van der Waals surface area contributed by atoms with Crippen LogP contribution in [-0.2, 0) is 0 Å². The molecule has 5 heteroatoms. The van der Waals surface area contributed by atoms with Crippen molar-refractivity contribution in [3.05, 3.63) is 96.2 Å². The molecule has 4 rings (SSSR count). The van der Waals surface area contributed by atoms with Gasteiger partial charge in [-0.25, -0.2) is 4.79 Å². The molecule has 4 aromatic rings. The Kier molecular flexibility index (Phi) is 4.35. The molecule has 3 N–H and O–H groups in total. The maximum atomic E-state index is 12.6. The maximum absolute atomic E-state index is 12.6. The number of carbonyl (C=O) groups excluding carboxylic acids is 1. The maximum Gasteiger partial charge on any atom is 0.319 e. The molecule has 5 nitrogen and oxygen atoms in total. The van der Waals surface area contributed by atoms with E-state index in [2.05, 4.69) is 20.8 Å². The van der Waals surface area contributed by atoms with Crippen LogP contribution in [0.1, 0.15) is 17.2 Å². The molecule has 0 radical (unpaired) electrons. The number of nitrogens with one attached hydrogen (secondary N) is 3. The van der Waals surface area contributed by atoms with Crippen molar-refractivity contribution in [3.63, 3.8) is 0 Å². The minimum Gasteiger partial charge on any atom is -0.327 e. The van der Waals surface area contributed by atoms with Crippen molar-refractivity contribution in [2.45, 2.75) is 6.04 Å². The minimum atomic E-state index is -0.262. The van der Waals surface area contributed by atoms with Crippen molar-refractivity contribution in [2.24, 2.45) is 0 Å². The number of carbonyl (C=O) groups is 1. The molecule has 0 aliphatic heterocycles. The van der Waals surface area contributed by atoms with Gasteiger partial charge >= 0.3 is 6.03 Å². The lowest BCUT2D eigenvalue weighted by atomic mass is 9.99. The molecule has 0 bridgehead atoms. The molecule has 0 aliphatic rings. The van der Waals surface area contributed by atoms with Crippen LogP contribution in [-0.4, -0.2) is 16.2 Å². The molecule has 0 atom stereocenters. The lowest BCUT2D eigenvalue weighted by Crippen LogP contribution is -2.33. The van der Waals surface area contributed by atoms with Crippen molar-refractivity contribution in [2.75, 3.05) is 5.32 Å². The molecule has 0 saturated carbocycles. The van der Waals surface area contributed by atoms with E-state index in [-0.39, 0.29) is 12.1 Å². The molecule has 3 aromatic carbocycles. The van der Waals surface area contributed by atoms with Crippen molar-refractivity contribution in [1.29, 1.82) is 0 Å². The lowest BCUT2D eigenvalue weighted by Gasteiger charge is -2.20. The number of benzene rings is 3. The summed E-state index contributed by atoms with van der Waals surface area (Å²) < 4.78 is 0. The standard InChI is InChI=1S/C21H18N4O/c26-21(23-18-12-11-17-14-22-25-19(17)13-18)24-20(15-7-3-1-4-8-15)16-9-5-2-6-10-16/h1-14,20H,(H,22,25)(H2,23,24,26). The number of rotatable bonds is 4. The predicted molar refractivity (Wildman–Crippen MR) is 103 cm³/mol. The van der Waals surface area contributed by atoms with Gasteiger partial charge in [0.2, 0.25) is 0 Å². The van der Waals surface area contributed by atoms with E-state index in [1.54, 1.807) is 6.20 Å². The Bertz CT molecular complexity index is 972. The van der Waals surface area contributed by atoms with Crippen LogP contribution in [0.25, 0.3) is 10.9 Å². The normalized spacial score (nSPS) is 10.8. The van der Waals surface area contributed by atoms with Crippen LogP contribution >= 0.6 is 0 Å². The average Bonchev–Trinajstić information content (AvgIpc) is 3.15. The molecule has 0 spiro atoms. The Morgan fingerprint density at radius 1 is 0.885 bits per heavy atom. The van der Waals surface area contributed by atoms with Crippen LogP contribution in [0.3, 0.4) is 0 Å². The quantitative estimate of drug-likeness (QED) is 0.512. The molecular formula is C21H18N4O. The molecule has 2 amide bonds. The highest BCUT2D eigenvalue weighted by molar-refractivity contribution is 5.92. The second-order valence-electron chi connectivity index (χ2n) is 6.02. The molecule has 128 valence electrons. The van der Waals surface area contributed by atoms with E-state index < -0.39 is 0 Å². The third-order valence-electron chi connectivity index (χ3n) is 4.24. The Morgan fingerprint density at radius 2 is 1.54 bits per heavy atom. The van der Waals surface area contributed by atoms with Gasteiger partial charge in [-0.2, -0.15) is 5.10 Å². The number of anilines is 1. The van der Waals surface area contributed by atoms with Gasteiger partial charge in [-0.1, -0.05) is 60.7 Å². The summed E-state index contributed by atoms with van der Waals surface area (Å²) in [5.74, 6) is 0. The van der Waals surface area contributed by atoms with Gasteiger partial charge in [-0.3, -0.25) is 5.10 Å². The molecule has 0 aliphatic carbocycles. The number of hydrogen-bond donors (Lipinski definition) is 3. The van der Waals surface area contributed by atoms with Gasteiger partial charge in [-0.15, -0.1) is 0 Å². The number of fused-ring (bicyclic) bond motifs is 1.